The third kappa shape index (κ3) is 53.1. The zero-order valence-corrected chi connectivity index (χ0v) is 49.3. The molecule has 0 aromatic rings. The van der Waals surface area contributed by atoms with Crippen molar-refractivity contribution in [2.75, 3.05) is 40.9 Å². The van der Waals surface area contributed by atoms with Gasteiger partial charge in [-0.15, -0.1) is 0 Å². The fraction of sp³-hybridized carbons (Fsp3) is 0.871. The van der Waals surface area contributed by atoms with E-state index < -0.39 is 20.0 Å². The van der Waals surface area contributed by atoms with Crippen LogP contribution in [0.3, 0.4) is 0 Å². The van der Waals surface area contributed by atoms with E-state index in [4.69, 9.17) is 13.8 Å². The number of hydrogen-bond acceptors (Lipinski definition) is 7. The highest BCUT2D eigenvalue weighted by atomic mass is 31.2. The van der Waals surface area contributed by atoms with Crippen molar-refractivity contribution in [3.63, 3.8) is 0 Å². The van der Waals surface area contributed by atoms with Gasteiger partial charge < -0.3 is 28.5 Å². The third-order valence-electron chi connectivity index (χ3n) is 13.9. The summed E-state index contributed by atoms with van der Waals surface area (Å²) >= 11 is 0. The largest absolute Gasteiger partial charge is 0.756 e. The summed E-state index contributed by atoms with van der Waals surface area (Å²) in [4.78, 5) is 39.9. The van der Waals surface area contributed by atoms with Gasteiger partial charge >= 0.3 is 5.97 Å². The van der Waals surface area contributed by atoms with Gasteiger partial charge in [0.15, 0.2) is 0 Å². The Bertz CT molecular complexity index is 1330. The van der Waals surface area contributed by atoms with Crippen LogP contribution >= 0.6 is 7.82 Å². The number of phosphoric acid groups is 1. The number of nitrogens with one attached hydrogen (secondary N) is 1. The van der Waals surface area contributed by atoms with Gasteiger partial charge in [0, 0.05) is 12.8 Å². The van der Waals surface area contributed by atoms with E-state index in [0.717, 1.165) is 83.5 Å². The van der Waals surface area contributed by atoms with Crippen molar-refractivity contribution < 1.29 is 37.3 Å². The lowest BCUT2D eigenvalue weighted by molar-refractivity contribution is -0.870. The van der Waals surface area contributed by atoms with Crippen LogP contribution in [0.1, 0.15) is 297 Å². The summed E-state index contributed by atoms with van der Waals surface area (Å²) in [6.45, 7) is 6.83. The molecule has 10 heteroatoms. The first-order chi connectivity index (χ1) is 34.9. The summed E-state index contributed by atoms with van der Waals surface area (Å²) < 4.78 is 30.3. The molecule has 9 nitrogen and oxygen atoms in total. The number of nitrogens with zero attached hydrogens (tertiary/aromatic N) is 1. The number of hydrogen-bond donors (Lipinski definition) is 1. The standard InChI is InChI=1S/C62H119N2O7P/c1-7-10-13-16-19-22-25-28-30-31-32-33-35-37-40-43-46-49-52-55-62(66)71-60(53-50-47-44-41-38-27-24-21-18-15-12-9-3)59(58-70-72(67,68)69-57-56-64(4,5)6)63-61(65)54-51-48-45-42-39-36-34-29-26-23-20-17-14-11-8-2/h20,23,26,29,50,53,59-60H,7-19,21-22,24-25,27-28,30-49,51-52,54-58H2,1-6H3,(H-,63,65,67,68)/b23-20+,29-26+,53-50+. The summed E-state index contributed by atoms with van der Waals surface area (Å²) in [6.07, 6.45) is 62.5. The highest BCUT2D eigenvalue weighted by molar-refractivity contribution is 7.45. The number of ether oxygens (including phenoxy) is 1. The minimum absolute atomic E-state index is 0.0227. The van der Waals surface area contributed by atoms with Gasteiger partial charge in [0.05, 0.1) is 33.8 Å². The summed E-state index contributed by atoms with van der Waals surface area (Å²) in [5, 5.41) is 3.02. The summed E-state index contributed by atoms with van der Waals surface area (Å²) in [6, 6.07) is -0.890. The number of carbonyl (C=O) groups excluding carboxylic acids is 2. The number of carbonyl (C=O) groups is 2. The number of unbranched alkanes of at least 4 members (excludes halogenated alkanes) is 37. The van der Waals surface area contributed by atoms with Crippen molar-refractivity contribution in [3.05, 3.63) is 36.5 Å². The van der Waals surface area contributed by atoms with E-state index in [0.29, 0.717) is 17.4 Å². The molecule has 0 fully saturated rings. The van der Waals surface area contributed by atoms with Crippen LogP contribution in [-0.2, 0) is 27.9 Å². The molecule has 1 amide bonds. The molecule has 3 unspecified atom stereocenters. The Hall–Kier alpha value is -1.77. The Balaban J connectivity index is 5.24. The average molecular weight is 1040 g/mol. The lowest BCUT2D eigenvalue weighted by Gasteiger charge is -2.30. The number of allylic oxidation sites excluding steroid dienone is 5. The van der Waals surface area contributed by atoms with Crippen molar-refractivity contribution in [1.29, 1.82) is 0 Å². The highest BCUT2D eigenvalue weighted by Crippen LogP contribution is 2.38. The van der Waals surface area contributed by atoms with Gasteiger partial charge in [0.2, 0.25) is 5.91 Å². The molecule has 0 saturated carbocycles. The van der Waals surface area contributed by atoms with E-state index in [1.54, 1.807) is 0 Å². The van der Waals surface area contributed by atoms with Crippen molar-refractivity contribution in [3.8, 4) is 0 Å². The van der Waals surface area contributed by atoms with Crippen LogP contribution < -0.4 is 10.2 Å². The molecule has 0 aliphatic carbocycles. The van der Waals surface area contributed by atoms with E-state index in [1.165, 1.54) is 180 Å². The highest BCUT2D eigenvalue weighted by Gasteiger charge is 2.27. The molecule has 0 spiro atoms. The van der Waals surface area contributed by atoms with E-state index in [-0.39, 0.29) is 31.5 Å². The van der Waals surface area contributed by atoms with Gasteiger partial charge in [-0.05, 0) is 57.4 Å². The predicted molar refractivity (Wildman–Crippen MR) is 307 cm³/mol. The molecule has 72 heavy (non-hydrogen) atoms. The van der Waals surface area contributed by atoms with Crippen LogP contribution in [0, 0.1) is 0 Å². The number of phosphoric ester groups is 1. The maximum absolute atomic E-state index is 13.5. The maximum atomic E-state index is 13.5. The number of quaternary nitrogens is 1. The molecular weight excluding hydrogens is 916 g/mol. The smallest absolute Gasteiger partial charge is 0.306 e. The first kappa shape index (κ1) is 70.2. The maximum Gasteiger partial charge on any atom is 0.306 e. The van der Waals surface area contributed by atoms with Gasteiger partial charge in [0.1, 0.15) is 19.3 Å². The van der Waals surface area contributed by atoms with E-state index in [2.05, 4.69) is 50.4 Å². The number of rotatable bonds is 56. The van der Waals surface area contributed by atoms with Crippen molar-refractivity contribution in [2.24, 2.45) is 0 Å². The molecule has 0 aromatic carbocycles. The van der Waals surface area contributed by atoms with Crippen LogP contribution in [0.15, 0.2) is 36.5 Å². The second kappa shape index (κ2) is 52.7. The minimum atomic E-state index is -4.70. The fourth-order valence-corrected chi connectivity index (χ4v) is 9.77. The molecule has 0 rings (SSSR count). The molecule has 0 bridgehead atoms. The molecule has 3 atom stereocenters. The lowest BCUT2D eigenvalue weighted by atomic mass is 10.0. The summed E-state index contributed by atoms with van der Waals surface area (Å²) in [7, 11) is 1.19. The number of amides is 1. The van der Waals surface area contributed by atoms with Crippen molar-refractivity contribution in [1.82, 2.24) is 5.32 Å². The normalized spacial score (nSPS) is 13.9. The fourth-order valence-electron chi connectivity index (χ4n) is 9.04. The van der Waals surface area contributed by atoms with E-state index in [1.807, 2.05) is 33.3 Å². The molecular formula is C62H119N2O7P. The van der Waals surface area contributed by atoms with Crippen LogP contribution in [0.25, 0.3) is 0 Å². The zero-order chi connectivity index (χ0) is 52.9. The van der Waals surface area contributed by atoms with Crippen LogP contribution in [-0.4, -0.2) is 69.4 Å². The van der Waals surface area contributed by atoms with Crippen LogP contribution in [0.2, 0.25) is 0 Å². The van der Waals surface area contributed by atoms with Crippen molar-refractivity contribution in [2.45, 2.75) is 309 Å². The average Bonchev–Trinajstić information content (AvgIpc) is 3.34. The lowest BCUT2D eigenvalue weighted by Crippen LogP contribution is -2.47. The van der Waals surface area contributed by atoms with E-state index >= 15 is 0 Å². The van der Waals surface area contributed by atoms with Gasteiger partial charge in [0.25, 0.3) is 7.82 Å². The summed E-state index contributed by atoms with van der Waals surface area (Å²) in [5.74, 6) is -0.542. The second-order valence-corrected chi connectivity index (χ2v) is 23.7. The van der Waals surface area contributed by atoms with Gasteiger partial charge in [-0.1, -0.05) is 263 Å². The summed E-state index contributed by atoms with van der Waals surface area (Å²) in [5.41, 5.74) is 0. The Labute approximate surface area is 446 Å². The molecule has 1 N–H and O–H groups in total. The zero-order valence-electron chi connectivity index (χ0n) is 48.4. The van der Waals surface area contributed by atoms with E-state index in [9.17, 15) is 19.0 Å². The van der Waals surface area contributed by atoms with Gasteiger partial charge in [-0.2, -0.15) is 0 Å². The quantitative estimate of drug-likeness (QED) is 0.0161. The third-order valence-corrected chi connectivity index (χ3v) is 14.8. The first-order valence-electron chi connectivity index (χ1n) is 30.8. The van der Waals surface area contributed by atoms with Gasteiger partial charge in [-0.3, -0.25) is 14.2 Å². The van der Waals surface area contributed by atoms with Crippen LogP contribution in [0.4, 0.5) is 0 Å². The van der Waals surface area contributed by atoms with Crippen LogP contribution in [0.5, 0.6) is 0 Å². The number of esters is 1. The second-order valence-electron chi connectivity index (χ2n) is 22.2. The monoisotopic (exact) mass is 1030 g/mol. The molecule has 0 aromatic heterocycles. The Morgan fingerprint density at radius 2 is 0.833 bits per heavy atom. The van der Waals surface area contributed by atoms with Crippen molar-refractivity contribution >= 4 is 19.7 Å². The Kier molecular flexibility index (Phi) is 51.4. The topological polar surface area (TPSA) is 114 Å². The Morgan fingerprint density at radius 1 is 0.486 bits per heavy atom. The Morgan fingerprint density at radius 3 is 1.25 bits per heavy atom. The molecule has 0 aliphatic rings. The molecule has 424 valence electrons. The molecule has 0 saturated heterocycles. The minimum Gasteiger partial charge on any atom is -0.756 e. The predicted octanol–water partition coefficient (Wildman–Crippen LogP) is 18.1. The van der Waals surface area contributed by atoms with Gasteiger partial charge in [-0.25, -0.2) is 0 Å². The first-order valence-corrected chi connectivity index (χ1v) is 32.3. The SMILES string of the molecule is CCCCC/C=C/C=C/CCCCCCCCC(=O)NC(COP(=O)([O-])OCC[N+](C)(C)C)C(/C=C/CCCCCCCCCCCC)OC(=O)CCCCCCCCCCCCCCCCCCCCC. The molecule has 0 aliphatic heterocycles. The molecule has 0 heterocycles. The number of likely N-dealkylation sites (N-methyl/N-ethyl adjacent to an activating group) is 1. The molecule has 0 radical (unpaired) electrons.